The minimum absolute atomic E-state index is 0.00155. The van der Waals surface area contributed by atoms with E-state index in [2.05, 4.69) is 0 Å². The van der Waals surface area contributed by atoms with Crippen LogP contribution in [0.1, 0.15) is 11.1 Å². The molecule has 0 amide bonds. The fraction of sp³-hybridized carbons (Fsp3) is 0.333. The molecule has 0 spiro atoms. The maximum atomic E-state index is 12.4. The molecule has 0 saturated carbocycles. The predicted molar refractivity (Wildman–Crippen MR) is 49.7 cm³/mol. The molecule has 84 valence electrons. The lowest BCUT2D eigenvalue weighted by Crippen LogP contribution is -2.13. The molecule has 0 aromatic heterocycles. The molecule has 0 heterocycles. The quantitative estimate of drug-likeness (QED) is 0.802. The summed E-state index contributed by atoms with van der Waals surface area (Å²) in [6, 6.07) is 3.19. The Kier molecular flexibility index (Phi) is 3.59. The number of hydrogen-bond donors (Lipinski definition) is 1. The number of halogens is 4. The average molecular weight is 240 g/mol. The van der Waals surface area contributed by atoms with E-state index in [0.29, 0.717) is 5.56 Å². The number of benzene rings is 1. The Balaban J connectivity index is 3.06. The molecule has 0 fully saturated rings. The van der Waals surface area contributed by atoms with Gasteiger partial charge in [0.2, 0.25) is 0 Å². The fourth-order valence-electron chi connectivity index (χ4n) is 1.17. The molecular weight excluding hydrogens is 231 g/mol. The molecule has 0 radical (unpaired) electrons. The van der Waals surface area contributed by atoms with Crippen molar-refractivity contribution in [3.63, 3.8) is 0 Å². The molecule has 1 aromatic carbocycles. The van der Waals surface area contributed by atoms with E-state index < -0.39 is 11.7 Å². The highest BCUT2D eigenvalue weighted by Crippen LogP contribution is 2.32. The molecule has 0 atom stereocenters. The van der Waals surface area contributed by atoms with Crippen LogP contribution in [0.5, 0.6) is 0 Å². The largest absolute Gasteiger partial charge is 0.416 e. The third-order valence-corrected chi connectivity index (χ3v) is 1.91. The average Bonchev–Trinajstić information content (AvgIpc) is 1.99. The van der Waals surface area contributed by atoms with E-state index in [4.69, 9.17) is 16.8 Å². The van der Waals surface area contributed by atoms with E-state index in [9.17, 15) is 13.2 Å². The van der Waals surface area contributed by atoms with E-state index in [0.717, 1.165) is 17.2 Å². The molecule has 1 rings (SSSR count). The first-order valence-electron chi connectivity index (χ1n) is 4.05. The van der Waals surface area contributed by atoms with Gasteiger partial charge in [-0.1, -0.05) is 11.6 Å². The SMILES string of the molecule is CN(O)Cc1cc(Cl)cc(C(F)(F)F)c1. The normalized spacial score (nSPS) is 12.2. The van der Waals surface area contributed by atoms with E-state index in [1.165, 1.54) is 13.1 Å². The van der Waals surface area contributed by atoms with Crippen molar-refractivity contribution in [2.45, 2.75) is 12.7 Å². The highest BCUT2D eigenvalue weighted by Gasteiger charge is 2.31. The van der Waals surface area contributed by atoms with Gasteiger partial charge in [0, 0.05) is 18.6 Å². The van der Waals surface area contributed by atoms with Gasteiger partial charge in [-0.05, 0) is 23.8 Å². The zero-order valence-corrected chi connectivity index (χ0v) is 8.60. The minimum Gasteiger partial charge on any atom is -0.314 e. The number of alkyl halides is 3. The summed E-state index contributed by atoms with van der Waals surface area (Å²) in [6.45, 7) is -0.0103. The molecule has 0 unspecified atom stereocenters. The highest BCUT2D eigenvalue weighted by atomic mass is 35.5. The van der Waals surface area contributed by atoms with Gasteiger partial charge in [-0.3, -0.25) is 0 Å². The van der Waals surface area contributed by atoms with Crippen molar-refractivity contribution in [1.29, 1.82) is 0 Å². The van der Waals surface area contributed by atoms with Gasteiger partial charge < -0.3 is 5.21 Å². The van der Waals surface area contributed by atoms with Crippen molar-refractivity contribution in [3.8, 4) is 0 Å². The van der Waals surface area contributed by atoms with E-state index in [1.54, 1.807) is 0 Å². The van der Waals surface area contributed by atoms with Crippen molar-refractivity contribution >= 4 is 11.6 Å². The zero-order chi connectivity index (χ0) is 11.6. The van der Waals surface area contributed by atoms with Crippen LogP contribution < -0.4 is 0 Å². The summed E-state index contributed by atoms with van der Waals surface area (Å²) in [6.07, 6.45) is -4.42. The Morgan fingerprint density at radius 3 is 2.40 bits per heavy atom. The highest BCUT2D eigenvalue weighted by molar-refractivity contribution is 6.30. The van der Waals surface area contributed by atoms with E-state index >= 15 is 0 Å². The Labute approximate surface area is 89.8 Å². The second kappa shape index (κ2) is 4.38. The molecule has 1 aromatic rings. The first-order valence-corrected chi connectivity index (χ1v) is 4.43. The van der Waals surface area contributed by atoms with Crippen molar-refractivity contribution in [3.05, 3.63) is 34.3 Å². The van der Waals surface area contributed by atoms with Crippen LogP contribution in [0, 0.1) is 0 Å². The third-order valence-electron chi connectivity index (χ3n) is 1.70. The molecule has 0 bridgehead atoms. The third kappa shape index (κ3) is 3.70. The lowest BCUT2D eigenvalue weighted by Gasteiger charge is -2.12. The van der Waals surface area contributed by atoms with Crippen LogP contribution in [0.3, 0.4) is 0 Å². The van der Waals surface area contributed by atoms with Crippen LogP contribution in [0.25, 0.3) is 0 Å². The predicted octanol–water partition coefficient (Wildman–Crippen LogP) is 3.18. The molecule has 0 aliphatic rings. The van der Waals surface area contributed by atoms with Gasteiger partial charge in [0.25, 0.3) is 0 Å². The fourth-order valence-corrected chi connectivity index (χ4v) is 1.43. The maximum absolute atomic E-state index is 12.4. The Morgan fingerprint density at radius 1 is 1.33 bits per heavy atom. The van der Waals surface area contributed by atoms with Crippen LogP contribution in [-0.4, -0.2) is 17.3 Å². The second-order valence-corrected chi connectivity index (χ2v) is 3.60. The first-order chi connectivity index (χ1) is 6.79. The van der Waals surface area contributed by atoms with E-state index in [1.807, 2.05) is 0 Å². The van der Waals surface area contributed by atoms with Crippen LogP contribution in [-0.2, 0) is 12.7 Å². The summed E-state index contributed by atoms with van der Waals surface area (Å²) >= 11 is 5.54. The molecule has 15 heavy (non-hydrogen) atoms. The molecule has 0 saturated heterocycles. The Hall–Kier alpha value is -0.780. The number of hydrogen-bond acceptors (Lipinski definition) is 2. The number of hydroxylamine groups is 2. The molecule has 2 nitrogen and oxygen atoms in total. The van der Waals surface area contributed by atoms with Gasteiger partial charge in [-0.25, -0.2) is 0 Å². The van der Waals surface area contributed by atoms with Crippen LogP contribution >= 0.6 is 11.6 Å². The lowest BCUT2D eigenvalue weighted by molar-refractivity contribution is -0.137. The van der Waals surface area contributed by atoms with Crippen LogP contribution in [0.2, 0.25) is 5.02 Å². The standard InChI is InChI=1S/C9H9ClF3NO/c1-14(15)5-6-2-7(9(11,12)13)4-8(10)3-6/h2-4,15H,5H2,1H3. The van der Waals surface area contributed by atoms with Gasteiger partial charge in [-0.2, -0.15) is 18.2 Å². The molecule has 1 N–H and O–H groups in total. The Morgan fingerprint density at radius 2 is 1.93 bits per heavy atom. The number of nitrogens with zero attached hydrogens (tertiary/aromatic N) is 1. The van der Waals surface area contributed by atoms with Gasteiger partial charge in [0.15, 0.2) is 0 Å². The molecular formula is C9H9ClF3NO. The molecule has 6 heteroatoms. The van der Waals surface area contributed by atoms with Gasteiger partial charge in [-0.15, -0.1) is 0 Å². The summed E-state index contributed by atoms with van der Waals surface area (Å²) < 4.78 is 37.1. The summed E-state index contributed by atoms with van der Waals surface area (Å²) in [5, 5.41) is 9.68. The summed E-state index contributed by atoms with van der Waals surface area (Å²) in [5.74, 6) is 0. The van der Waals surface area contributed by atoms with Crippen molar-refractivity contribution < 1.29 is 18.4 Å². The summed E-state index contributed by atoms with van der Waals surface area (Å²) in [5.41, 5.74) is -0.508. The van der Waals surface area contributed by atoms with Crippen molar-refractivity contribution in [2.24, 2.45) is 0 Å². The topological polar surface area (TPSA) is 23.5 Å². The lowest BCUT2D eigenvalue weighted by atomic mass is 10.1. The maximum Gasteiger partial charge on any atom is 0.416 e. The van der Waals surface area contributed by atoms with Crippen molar-refractivity contribution in [2.75, 3.05) is 7.05 Å². The monoisotopic (exact) mass is 239 g/mol. The second-order valence-electron chi connectivity index (χ2n) is 3.16. The molecule has 0 aliphatic heterocycles. The van der Waals surface area contributed by atoms with Gasteiger partial charge in [0.1, 0.15) is 0 Å². The van der Waals surface area contributed by atoms with Gasteiger partial charge in [0.05, 0.1) is 5.56 Å². The Bertz CT molecular complexity index is 352. The summed E-state index contributed by atoms with van der Waals surface area (Å²) in [4.78, 5) is 0. The summed E-state index contributed by atoms with van der Waals surface area (Å²) in [7, 11) is 1.34. The molecule has 0 aliphatic carbocycles. The van der Waals surface area contributed by atoms with Crippen molar-refractivity contribution in [1.82, 2.24) is 5.06 Å². The van der Waals surface area contributed by atoms with Gasteiger partial charge >= 0.3 is 6.18 Å². The zero-order valence-electron chi connectivity index (χ0n) is 7.85. The first kappa shape index (κ1) is 12.3. The minimum atomic E-state index is -4.42. The van der Waals surface area contributed by atoms with E-state index in [-0.39, 0.29) is 11.6 Å². The van der Waals surface area contributed by atoms with Crippen LogP contribution in [0.15, 0.2) is 18.2 Å². The number of rotatable bonds is 2. The van der Waals surface area contributed by atoms with Crippen LogP contribution in [0.4, 0.5) is 13.2 Å². The smallest absolute Gasteiger partial charge is 0.314 e.